The fourth-order valence-corrected chi connectivity index (χ4v) is 3.00. The Morgan fingerprint density at radius 1 is 1.56 bits per heavy atom. The number of nitrogens with two attached hydrogens (primary N) is 1. The first kappa shape index (κ1) is 11.6. The SMILES string of the molecule is Cn1ccc([C@@H](CN)C2(CO)CCCC2)n1. The second-order valence-corrected chi connectivity index (χ2v) is 4.93. The minimum Gasteiger partial charge on any atom is -0.396 e. The molecule has 0 saturated heterocycles. The predicted molar refractivity (Wildman–Crippen MR) is 63.0 cm³/mol. The van der Waals surface area contributed by atoms with Gasteiger partial charge in [0.2, 0.25) is 0 Å². The van der Waals surface area contributed by atoms with Crippen molar-refractivity contribution in [2.24, 2.45) is 18.2 Å². The van der Waals surface area contributed by atoms with Crippen molar-refractivity contribution in [1.82, 2.24) is 9.78 Å². The lowest BCUT2D eigenvalue weighted by atomic mass is 9.73. The molecule has 1 fully saturated rings. The molecule has 4 nitrogen and oxygen atoms in total. The van der Waals surface area contributed by atoms with Crippen LogP contribution in [0.4, 0.5) is 0 Å². The molecule has 1 saturated carbocycles. The van der Waals surface area contributed by atoms with E-state index in [1.165, 1.54) is 12.8 Å². The van der Waals surface area contributed by atoms with E-state index in [0.717, 1.165) is 18.5 Å². The summed E-state index contributed by atoms with van der Waals surface area (Å²) in [6.07, 6.45) is 6.48. The Morgan fingerprint density at radius 3 is 2.69 bits per heavy atom. The Labute approximate surface area is 96.5 Å². The lowest BCUT2D eigenvalue weighted by Crippen LogP contribution is -2.35. The highest BCUT2D eigenvalue weighted by Gasteiger charge is 2.41. The minimum atomic E-state index is -0.0247. The van der Waals surface area contributed by atoms with Crippen LogP contribution in [0.25, 0.3) is 0 Å². The van der Waals surface area contributed by atoms with Crippen LogP contribution in [0.1, 0.15) is 37.3 Å². The Morgan fingerprint density at radius 2 is 2.25 bits per heavy atom. The van der Waals surface area contributed by atoms with Crippen LogP contribution in [-0.2, 0) is 7.05 Å². The topological polar surface area (TPSA) is 64.1 Å². The number of hydrogen-bond donors (Lipinski definition) is 2. The van der Waals surface area contributed by atoms with Crippen LogP contribution in [0.3, 0.4) is 0 Å². The van der Waals surface area contributed by atoms with Gasteiger partial charge >= 0.3 is 0 Å². The van der Waals surface area contributed by atoms with Crippen molar-refractivity contribution < 1.29 is 5.11 Å². The maximum Gasteiger partial charge on any atom is 0.0674 e. The molecule has 1 aromatic rings. The smallest absolute Gasteiger partial charge is 0.0674 e. The molecule has 0 bridgehead atoms. The van der Waals surface area contributed by atoms with E-state index >= 15 is 0 Å². The average molecular weight is 223 g/mol. The second-order valence-electron chi connectivity index (χ2n) is 4.93. The van der Waals surface area contributed by atoms with E-state index in [-0.39, 0.29) is 17.9 Å². The van der Waals surface area contributed by atoms with E-state index in [0.29, 0.717) is 6.54 Å². The van der Waals surface area contributed by atoms with Crippen molar-refractivity contribution >= 4 is 0 Å². The van der Waals surface area contributed by atoms with E-state index in [4.69, 9.17) is 5.73 Å². The van der Waals surface area contributed by atoms with E-state index in [1.807, 2.05) is 19.3 Å². The fourth-order valence-electron chi connectivity index (χ4n) is 3.00. The molecule has 0 amide bonds. The Kier molecular flexibility index (Phi) is 3.30. The van der Waals surface area contributed by atoms with Crippen molar-refractivity contribution in [1.29, 1.82) is 0 Å². The molecule has 1 heterocycles. The summed E-state index contributed by atoms with van der Waals surface area (Å²) in [6.45, 7) is 0.795. The zero-order valence-electron chi connectivity index (χ0n) is 9.89. The Bertz CT molecular complexity index is 342. The van der Waals surface area contributed by atoms with E-state index < -0.39 is 0 Å². The average Bonchev–Trinajstić information content (AvgIpc) is 2.90. The van der Waals surface area contributed by atoms with Gasteiger partial charge in [-0.05, 0) is 18.9 Å². The molecule has 16 heavy (non-hydrogen) atoms. The Balaban J connectivity index is 2.27. The highest BCUT2D eigenvalue weighted by Crippen LogP contribution is 2.47. The first-order chi connectivity index (χ1) is 7.72. The van der Waals surface area contributed by atoms with Crippen molar-refractivity contribution in [3.8, 4) is 0 Å². The third-order valence-corrected chi connectivity index (χ3v) is 3.98. The number of aliphatic hydroxyl groups is 1. The third kappa shape index (κ3) is 1.87. The van der Waals surface area contributed by atoms with Crippen LogP contribution < -0.4 is 5.73 Å². The van der Waals surface area contributed by atoms with Crippen molar-refractivity contribution in [2.75, 3.05) is 13.2 Å². The molecule has 0 aromatic carbocycles. The number of aryl methyl sites for hydroxylation is 1. The minimum absolute atomic E-state index is 0.0247. The quantitative estimate of drug-likeness (QED) is 0.801. The van der Waals surface area contributed by atoms with Crippen LogP contribution in [0.15, 0.2) is 12.3 Å². The molecule has 0 aliphatic heterocycles. The van der Waals surface area contributed by atoms with Gasteiger partial charge in [-0.3, -0.25) is 4.68 Å². The summed E-state index contributed by atoms with van der Waals surface area (Å²) in [5.74, 6) is 0.196. The lowest BCUT2D eigenvalue weighted by molar-refractivity contribution is 0.101. The largest absolute Gasteiger partial charge is 0.396 e. The van der Waals surface area contributed by atoms with Gasteiger partial charge in [-0.2, -0.15) is 5.10 Å². The first-order valence-corrected chi connectivity index (χ1v) is 6.02. The number of hydrogen-bond acceptors (Lipinski definition) is 3. The van der Waals surface area contributed by atoms with E-state index in [2.05, 4.69) is 5.10 Å². The standard InChI is InChI=1S/C12H21N3O/c1-15-7-4-11(14-15)10(8-13)12(9-16)5-2-3-6-12/h4,7,10,16H,2-3,5-6,8-9,13H2,1H3/t10-/m1/s1. The number of aromatic nitrogens is 2. The molecular weight excluding hydrogens is 202 g/mol. The zero-order valence-corrected chi connectivity index (χ0v) is 9.89. The summed E-state index contributed by atoms with van der Waals surface area (Å²) >= 11 is 0. The van der Waals surface area contributed by atoms with Crippen LogP contribution in [0.2, 0.25) is 0 Å². The maximum absolute atomic E-state index is 9.70. The number of rotatable bonds is 4. The molecule has 2 rings (SSSR count). The van der Waals surface area contributed by atoms with Gasteiger partial charge in [0.1, 0.15) is 0 Å². The van der Waals surface area contributed by atoms with E-state index in [1.54, 1.807) is 4.68 Å². The molecule has 1 atom stereocenters. The lowest BCUT2D eigenvalue weighted by Gasteiger charge is -2.34. The monoisotopic (exact) mass is 223 g/mol. The summed E-state index contributed by atoms with van der Waals surface area (Å²) in [4.78, 5) is 0. The van der Waals surface area contributed by atoms with Gasteiger partial charge in [0.05, 0.1) is 5.69 Å². The van der Waals surface area contributed by atoms with Crippen molar-refractivity contribution in [3.05, 3.63) is 18.0 Å². The number of nitrogens with zero attached hydrogens (tertiary/aromatic N) is 2. The van der Waals surface area contributed by atoms with Crippen LogP contribution >= 0.6 is 0 Å². The van der Waals surface area contributed by atoms with Gasteiger partial charge in [-0.15, -0.1) is 0 Å². The molecule has 1 aromatic heterocycles. The van der Waals surface area contributed by atoms with Crippen LogP contribution in [0.5, 0.6) is 0 Å². The van der Waals surface area contributed by atoms with Gasteiger partial charge in [0, 0.05) is 37.7 Å². The highest BCUT2D eigenvalue weighted by molar-refractivity contribution is 5.13. The van der Waals surface area contributed by atoms with Crippen LogP contribution in [0, 0.1) is 5.41 Å². The molecule has 1 aliphatic rings. The molecule has 0 spiro atoms. The summed E-state index contributed by atoms with van der Waals surface area (Å²) in [6, 6.07) is 2.02. The van der Waals surface area contributed by atoms with Gasteiger partial charge in [0.25, 0.3) is 0 Å². The van der Waals surface area contributed by atoms with Gasteiger partial charge in [0.15, 0.2) is 0 Å². The maximum atomic E-state index is 9.70. The number of aliphatic hydroxyl groups excluding tert-OH is 1. The molecular formula is C12H21N3O. The fraction of sp³-hybridized carbons (Fsp3) is 0.750. The molecule has 4 heteroatoms. The summed E-state index contributed by atoms with van der Waals surface area (Å²) in [5, 5.41) is 14.1. The molecule has 3 N–H and O–H groups in total. The molecule has 0 unspecified atom stereocenters. The Hall–Kier alpha value is -0.870. The zero-order chi connectivity index (χ0) is 11.6. The molecule has 0 radical (unpaired) electrons. The first-order valence-electron chi connectivity index (χ1n) is 6.02. The van der Waals surface area contributed by atoms with Crippen molar-refractivity contribution in [2.45, 2.75) is 31.6 Å². The van der Waals surface area contributed by atoms with E-state index in [9.17, 15) is 5.11 Å². The highest BCUT2D eigenvalue weighted by atomic mass is 16.3. The van der Waals surface area contributed by atoms with Gasteiger partial charge in [-0.1, -0.05) is 12.8 Å². The van der Waals surface area contributed by atoms with Crippen LogP contribution in [-0.4, -0.2) is 28.0 Å². The molecule has 1 aliphatic carbocycles. The van der Waals surface area contributed by atoms with Gasteiger partial charge in [-0.25, -0.2) is 0 Å². The normalized spacial score (nSPS) is 21.2. The summed E-state index contributed by atoms with van der Waals surface area (Å²) in [5.41, 5.74) is 6.90. The summed E-state index contributed by atoms with van der Waals surface area (Å²) in [7, 11) is 1.91. The third-order valence-electron chi connectivity index (χ3n) is 3.98. The predicted octanol–water partition coefficient (Wildman–Crippen LogP) is 1.02. The van der Waals surface area contributed by atoms with Gasteiger partial charge < -0.3 is 10.8 Å². The second kappa shape index (κ2) is 4.55. The molecule has 90 valence electrons. The van der Waals surface area contributed by atoms with Crippen molar-refractivity contribution in [3.63, 3.8) is 0 Å². The summed E-state index contributed by atoms with van der Waals surface area (Å²) < 4.78 is 1.80.